The van der Waals surface area contributed by atoms with E-state index < -0.39 is 17.6 Å². The van der Waals surface area contributed by atoms with Gasteiger partial charge in [0.15, 0.2) is 5.16 Å². The number of amides is 2. The third-order valence-electron chi connectivity index (χ3n) is 4.36. The molecular formula is C21H19ClF3N5O2S. The maximum absolute atomic E-state index is 12.9. The molecule has 0 aliphatic rings. The molecule has 2 amide bonds. The topological polar surface area (TPSA) is 88.9 Å². The summed E-state index contributed by atoms with van der Waals surface area (Å²) in [7, 11) is 0. The van der Waals surface area contributed by atoms with Crippen LogP contribution in [0.15, 0.2) is 53.7 Å². The van der Waals surface area contributed by atoms with Gasteiger partial charge in [-0.25, -0.2) is 0 Å². The molecule has 0 spiro atoms. The average molecular weight is 498 g/mol. The number of nitrogens with zero attached hydrogens (tertiary/aromatic N) is 3. The van der Waals surface area contributed by atoms with Gasteiger partial charge in [-0.3, -0.25) is 9.59 Å². The first-order chi connectivity index (χ1) is 15.7. The number of anilines is 2. The third kappa shape index (κ3) is 6.96. The van der Waals surface area contributed by atoms with Crippen LogP contribution in [0, 0.1) is 0 Å². The maximum atomic E-state index is 12.9. The molecule has 0 aliphatic heterocycles. The Morgan fingerprint density at radius 3 is 2.39 bits per heavy atom. The molecule has 1 heterocycles. The molecule has 1 aromatic heterocycles. The lowest BCUT2D eigenvalue weighted by Gasteiger charge is -2.10. The number of hydrogen-bond acceptors (Lipinski definition) is 5. The Kier molecular flexibility index (Phi) is 7.98. The van der Waals surface area contributed by atoms with Gasteiger partial charge in [0.25, 0.3) is 0 Å². The number of carbonyl (C=O) groups excluding carboxylic acids is 2. The van der Waals surface area contributed by atoms with Crippen molar-refractivity contribution in [3.05, 3.63) is 64.9 Å². The quantitative estimate of drug-likeness (QED) is 0.433. The van der Waals surface area contributed by atoms with E-state index in [0.717, 1.165) is 23.9 Å². The van der Waals surface area contributed by atoms with Crippen molar-refractivity contribution in [1.29, 1.82) is 0 Å². The number of alkyl halides is 3. The Morgan fingerprint density at radius 1 is 1.03 bits per heavy atom. The molecule has 0 bridgehead atoms. The second kappa shape index (κ2) is 10.7. The number of rotatable bonds is 8. The molecule has 0 saturated heterocycles. The fourth-order valence-electron chi connectivity index (χ4n) is 2.86. The minimum Gasteiger partial charge on any atom is -0.326 e. The van der Waals surface area contributed by atoms with Crippen molar-refractivity contribution in [2.75, 3.05) is 16.4 Å². The third-order valence-corrected chi connectivity index (χ3v) is 5.58. The van der Waals surface area contributed by atoms with E-state index >= 15 is 0 Å². The van der Waals surface area contributed by atoms with Crippen LogP contribution >= 0.6 is 23.4 Å². The van der Waals surface area contributed by atoms with Crippen molar-refractivity contribution < 1.29 is 22.8 Å². The lowest BCUT2D eigenvalue weighted by Crippen LogP contribution is -2.18. The first-order valence-corrected chi connectivity index (χ1v) is 11.1. The second-order valence-corrected chi connectivity index (χ2v) is 8.17. The van der Waals surface area contributed by atoms with Gasteiger partial charge in [0, 0.05) is 22.9 Å². The zero-order chi connectivity index (χ0) is 24.0. The van der Waals surface area contributed by atoms with Gasteiger partial charge in [-0.2, -0.15) is 13.2 Å². The summed E-state index contributed by atoms with van der Waals surface area (Å²) in [6, 6.07) is 11.1. The maximum Gasteiger partial charge on any atom is 0.416 e. The summed E-state index contributed by atoms with van der Waals surface area (Å²) in [5, 5.41) is 14.2. The lowest BCUT2D eigenvalue weighted by molar-refractivity contribution is -0.137. The average Bonchev–Trinajstić information content (AvgIpc) is 3.14. The fraction of sp³-hybridized carbons (Fsp3) is 0.238. The number of carbonyl (C=O) groups is 2. The molecule has 12 heteroatoms. The molecule has 0 saturated carbocycles. The fourth-order valence-corrected chi connectivity index (χ4v) is 3.80. The van der Waals surface area contributed by atoms with Gasteiger partial charge in [0.1, 0.15) is 5.82 Å². The molecule has 3 aromatic rings. The molecule has 0 unspecified atom stereocenters. The molecule has 2 N–H and O–H groups in total. The predicted octanol–water partition coefficient (Wildman–Crippen LogP) is 4.88. The molecule has 0 atom stereocenters. The summed E-state index contributed by atoms with van der Waals surface area (Å²) in [6.45, 7) is 2.27. The Labute approximate surface area is 196 Å². The molecule has 174 valence electrons. The van der Waals surface area contributed by atoms with Gasteiger partial charge < -0.3 is 15.2 Å². The Bertz CT molecular complexity index is 1140. The van der Waals surface area contributed by atoms with Crippen molar-refractivity contribution in [2.45, 2.75) is 31.2 Å². The van der Waals surface area contributed by atoms with Crippen molar-refractivity contribution in [1.82, 2.24) is 14.8 Å². The van der Waals surface area contributed by atoms with Crippen molar-refractivity contribution in [3.8, 4) is 0 Å². The van der Waals surface area contributed by atoms with Crippen molar-refractivity contribution in [3.63, 3.8) is 0 Å². The number of nitrogens with one attached hydrogen (secondary N) is 2. The van der Waals surface area contributed by atoms with Crippen LogP contribution in [0.3, 0.4) is 0 Å². The van der Waals surface area contributed by atoms with Crippen LogP contribution in [-0.4, -0.2) is 32.3 Å². The van der Waals surface area contributed by atoms with Crippen LogP contribution in [0.2, 0.25) is 5.02 Å². The number of benzene rings is 2. The summed E-state index contributed by atoms with van der Waals surface area (Å²) < 4.78 is 40.2. The Morgan fingerprint density at radius 2 is 1.73 bits per heavy atom. The van der Waals surface area contributed by atoms with E-state index in [0.29, 0.717) is 28.2 Å². The van der Waals surface area contributed by atoms with E-state index in [1.54, 1.807) is 28.8 Å². The largest absolute Gasteiger partial charge is 0.416 e. The van der Waals surface area contributed by atoms with Gasteiger partial charge in [-0.05, 0) is 49.4 Å². The second-order valence-electron chi connectivity index (χ2n) is 6.79. The zero-order valence-electron chi connectivity index (χ0n) is 17.3. The van der Waals surface area contributed by atoms with Gasteiger partial charge in [-0.1, -0.05) is 29.4 Å². The van der Waals surface area contributed by atoms with Gasteiger partial charge in [0.2, 0.25) is 11.8 Å². The van der Waals surface area contributed by atoms with E-state index in [-0.39, 0.29) is 23.8 Å². The Balaban J connectivity index is 1.59. The molecule has 2 aromatic carbocycles. The normalized spacial score (nSPS) is 11.3. The number of halogens is 4. The molecular weight excluding hydrogens is 479 g/mol. The number of hydrogen-bond donors (Lipinski definition) is 2. The summed E-state index contributed by atoms with van der Waals surface area (Å²) >= 11 is 6.98. The van der Waals surface area contributed by atoms with E-state index in [9.17, 15) is 22.8 Å². The number of aromatic nitrogens is 3. The minimum atomic E-state index is -4.50. The first-order valence-electron chi connectivity index (χ1n) is 9.73. The molecule has 7 nitrogen and oxygen atoms in total. The predicted molar refractivity (Wildman–Crippen MR) is 120 cm³/mol. The molecule has 0 radical (unpaired) electrons. The summed E-state index contributed by atoms with van der Waals surface area (Å²) in [6.07, 6.45) is -4.69. The molecule has 33 heavy (non-hydrogen) atoms. The van der Waals surface area contributed by atoms with Crippen molar-refractivity contribution >= 4 is 46.6 Å². The van der Waals surface area contributed by atoms with Crippen LogP contribution in [0.25, 0.3) is 0 Å². The van der Waals surface area contributed by atoms with Gasteiger partial charge >= 0.3 is 6.18 Å². The Hall–Kier alpha value is -3.05. The molecule has 3 rings (SSSR count). The molecule has 0 aliphatic carbocycles. The summed E-state index contributed by atoms with van der Waals surface area (Å²) in [5.41, 5.74) is -0.215. The van der Waals surface area contributed by atoms with E-state index in [2.05, 4.69) is 20.8 Å². The first kappa shape index (κ1) is 24.6. The summed E-state index contributed by atoms with van der Waals surface area (Å²) in [4.78, 5) is 24.5. The van der Waals surface area contributed by atoms with E-state index in [4.69, 9.17) is 11.6 Å². The lowest BCUT2D eigenvalue weighted by atomic mass is 10.2. The van der Waals surface area contributed by atoms with Crippen molar-refractivity contribution in [2.24, 2.45) is 0 Å². The SMILES string of the molecule is CCn1c(CC(=O)Nc2cccc(C(F)(F)F)c2)nnc1SCC(=O)Nc1ccc(Cl)cc1. The smallest absolute Gasteiger partial charge is 0.326 e. The van der Waals surface area contributed by atoms with Gasteiger partial charge in [0.05, 0.1) is 17.7 Å². The highest BCUT2D eigenvalue weighted by Gasteiger charge is 2.30. The van der Waals surface area contributed by atoms with Crippen LogP contribution in [-0.2, 0) is 28.7 Å². The van der Waals surface area contributed by atoms with E-state index in [1.165, 1.54) is 12.1 Å². The van der Waals surface area contributed by atoms with Crippen LogP contribution in [0.5, 0.6) is 0 Å². The monoisotopic (exact) mass is 497 g/mol. The molecule has 0 fully saturated rings. The van der Waals surface area contributed by atoms with Crippen LogP contribution in [0.4, 0.5) is 24.5 Å². The standard InChI is InChI=1S/C21H19ClF3N5O2S/c1-2-30-17(11-18(31)27-16-5-3-4-13(10-16)21(23,24)25)28-29-20(30)33-12-19(32)26-15-8-6-14(22)7-9-15/h3-10H,2,11-12H2,1H3,(H,26,32)(H,27,31). The summed E-state index contributed by atoms with van der Waals surface area (Å²) in [5.74, 6) is -0.384. The number of thioether (sulfide) groups is 1. The zero-order valence-corrected chi connectivity index (χ0v) is 18.9. The van der Waals surface area contributed by atoms with E-state index in [1.807, 2.05) is 6.92 Å². The highest BCUT2D eigenvalue weighted by atomic mass is 35.5. The van der Waals surface area contributed by atoms with Crippen LogP contribution in [0.1, 0.15) is 18.3 Å². The highest BCUT2D eigenvalue weighted by molar-refractivity contribution is 7.99. The minimum absolute atomic E-state index is 0.0332. The van der Waals surface area contributed by atoms with Gasteiger partial charge in [-0.15, -0.1) is 10.2 Å². The highest BCUT2D eigenvalue weighted by Crippen LogP contribution is 2.30. The van der Waals surface area contributed by atoms with Crippen LogP contribution < -0.4 is 10.6 Å².